The van der Waals surface area contributed by atoms with E-state index in [1.54, 1.807) is 11.8 Å². The van der Waals surface area contributed by atoms with E-state index in [-0.39, 0.29) is 12.2 Å². The molecular weight excluding hydrogens is 267 g/mol. The Labute approximate surface area is 114 Å². The van der Waals surface area contributed by atoms with Crippen LogP contribution in [0.1, 0.15) is 17.3 Å². The number of rotatable bonds is 5. The van der Waals surface area contributed by atoms with Crippen molar-refractivity contribution in [2.75, 3.05) is 24.6 Å². The number of anilines is 1. The molecule has 1 heterocycles. The molecule has 0 spiro atoms. The van der Waals surface area contributed by atoms with Crippen LogP contribution in [0, 0.1) is 5.82 Å². The number of benzene rings is 1. The van der Waals surface area contributed by atoms with Crippen molar-refractivity contribution in [2.24, 2.45) is 5.73 Å². The molecule has 0 radical (unpaired) electrons. The van der Waals surface area contributed by atoms with Gasteiger partial charge in [-0.05, 0) is 25.1 Å². The average molecular weight is 282 g/mol. The van der Waals surface area contributed by atoms with Crippen molar-refractivity contribution in [2.45, 2.75) is 12.5 Å². The van der Waals surface area contributed by atoms with Crippen LogP contribution < -0.4 is 10.6 Å². The number of nitrogens with zero attached hydrogens (tertiary/aromatic N) is 1. The lowest BCUT2D eigenvalue weighted by Gasteiger charge is -2.49. The van der Waals surface area contributed by atoms with Crippen LogP contribution in [0.3, 0.4) is 0 Å². The third kappa shape index (κ3) is 2.88. The van der Waals surface area contributed by atoms with E-state index in [9.17, 15) is 14.0 Å². The van der Waals surface area contributed by atoms with E-state index in [0.717, 1.165) is 6.07 Å². The second kappa shape index (κ2) is 5.09. The summed E-state index contributed by atoms with van der Waals surface area (Å²) in [6.07, 6.45) is 0. The Balaban J connectivity index is 2.09. The minimum Gasteiger partial charge on any atom is -0.480 e. The van der Waals surface area contributed by atoms with Gasteiger partial charge < -0.3 is 20.5 Å². The maximum atomic E-state index is 13.1. The lowest BCUT2D eigenvalue weighted by atomic mass is 9.94. The Morgan fingerprint density at radius 1 is 1.50 bits per heavy atom. The number of carbonyl (C=O) groups is 2. The topological polar surface area (TPSA) is 92.9 Å². The highest BCUT2D eigenvalue weighted by molar-refractivity contribution is 5.98. The third-order valence-corrected chi connectivity index (χ3v) is 3.16. The van der Waals surface area contributed by atoms with Crippen molar-refractivity contribution in [1.29, 1.82) is 0 Å². The van der Waals surface area contributed by atoms with E-state index in [1.165, 1.54) is 12.1 Å². The van der Waals surface area contributed by atoms with Gasteiger partial charge in [0.05, 0.1) is 5.56 Å². The number of halogens is 1. The van der Waals surface area contributed by atoms with Gasteiger partial charge in [0.1, 0.15) is 18.0 Å². The van der Waals surface area contributed by atoms with Gasteiger partial charge in [-0.3, -0.25) is 4.79 Å². The number of primary amides is 1. The number of hydrogen-bond donors (Lipinski definition) is 2. The summed E-state index contributed by atoms with van der Waals surface area (Å²) in [4.78, 5) is 23.6. The Hall–Kier alpha value is -2.15. The number of nitrogens with two attached hydrogens (primary N) is 1. The van der Waals surface area contributed by atoms with Crippen molar-refractivity contribution in [3.63, 3.8) is 0 Å². The molecule has 0 atom stereocenters. The Morgan fingerprint density at radius 3 is 2.70 bits per heavy atom. The summed E-state index contributed by atoms with van der Waals surface area (Å²) in [5.41, 5.74) is 5.25. The summed E-state index contributed by atoms with van der Waals surface area (Å²) < 4.78 is 18.4. The summed E-state index contributed by atoms with van der Waals surface area (Å²) >= 11 is 0. The first-order valence-corrected chi connectivity index (χ1v) is 6.01. The summed E-state index contributed by atoms with van der Waals surface area (Å²) in [5, 5.41) is 8.59. The molecule has 0 aliphatic carbocycles. The van der Waals surface area contributed by atoms with Crippen LogP contribution in [0.2, 0.25) is 0 Å². The van der Waals surface area contributed by atoms with E-state index < -0.39 is 23.3 Å². The highest BCUT2D eigenvalue weighted by atomic mass is 19.1. The average Bonchev–Trinajstić information content (AvgIpc) is 2.33. The molecule has 1 fully saturated rings. The van der Waals surface area contributed by atoms with E-state index >= 15 is 0 Å². The second-order valence-corrected chi connectivity index (χ2v) is 5.01. The molecule has 1 aromatic carbocycles. The lowest BCUT2D eigenvalue weighted by Crippen LogP contribution is -2.62. The molecule has 20 heavy (non-hydrogen) atoms. The van der Waals surface area contributed by atoms with Crippen LogP contribution in [0.15, 0.2) is 18.2 Å². The molecule has 1 aliphatic rings. The van der Waals surface area contributed by atoms with Crippen LogP contribution in [-0.4, -0.2) is 42.3 Å². The van der Waals surface area contributed by atoms with Crippen molar-refractivity contribution in [3.05, 3.63) is 29.6 Å². The van der Waals surface area contributed by atoms with Crippen LogP contribution in [0.4, 0.5) is 10.1 Å². The first kappa shape index (κ1) is 14.3. The van der Waals surface area contributed by atoms with Crippen LogP contribution in [0.5, 0.6) is 0 Å². The quantitative estimate of drug-likeness (QED) is 0.825. The van der Waals surface area contributed by atoms with Crippen molar-refractivity contribution >= 4 is 17.6 Å². The van der Waals surface area contributed by atoms with E-state index in [4.69, 9.17) is 15.6 Å². The molecule has 2 rings (SSSR count). The molecule has 1 aromatic rings. The number of carbonyl (C=O) groups excluding carboxylic acids is 1. The summed E-state index contributed by atoms with van der Waals surface area (Å²) in [6.45, 7) is 2.22. The predicted octanol–water partition coefficient (Wildman–Crippen LogP) is 0.604. The number of carboxylic acids is 1. The van der Waals surface area contributed by atoms with Gasteiger partial charge in [-0.2, -0.15) is 0 Å². The summed E-state index contributed by atoms with van der Waals surface area (Å²) in [6, 6.07) is 3.81. The smallest absolute Gasteiger partial charge is 0.329 e. The van der Waals surface area contributed by atoms with Gasteiger partial charge in [0.2, 0.25) is 0 Å². The molecule has 7 heteroatoms. The van der Waals surface area contributed by atoms with Crippen LogP contribution in [0.25, 0.3) is 0 Å². The zero-order valence-electron chi connectivity index (χ0n) is 10.9. The highest BCUT2D eigenvalue weighted by Gasteiger charge is 2.41. The molecular formula is C13H15FN2O4. The zero-order valence-corrected chi connectivity index (χ0v) is 10.9. The molecule has 0 bridgehead atoms. The monoisotopic (exact) mass is 282 g/mol. The number of aliphatic carboxylic acids is 1. The maximum Gasteiger partial charge on any atom is 0.329 e. The molecule has 1 aliphatic heterocycles. The normalized spacial score (nSPS) is 16.6. The molecule has 0 aromatic heterocycles. The predicted molar refractivity (Wildman–Crippen MR) is 69.1 cm³/mol. The van der Waals surface area contributed by atoms with Gasteiger partial charge in [0.25, 0.3) is 5.91 Å². The van der Waals surface area contributed by atoms with Gasteiger partial charge >= 0.3 is 5.97 Å². The standard InChI is InChI=1S/C13H15FN2O4/c1-13(20-5-11(17)18)6-16(7-13)10-3-2-8(14)4-9(10)12(15)19/h2-4H,5-7H2,1H3,(H2,15,19)(H,17,18). The molecule has 108 valence electrons. The van der Waals surface area contributed by atoms with Crippen LogP contribution >= 0.6 is 0 Å². The van der Waals surface area contributed by atoms with Crippen molar-refractivity contribution in [1.82, 2.24) is 0 Å². The summed E-state index contributed by atoms with van der Waals surface area (Å²) in [5.74, 6) is -2.28. The van der Waals surface area contributed by atoms with Crippen molar-refractivity contribution < 1.29 is 23.8 Å². The molecule has 1 amide bonds. The first-order chi connectivity index (χ1) is 9.31. The number of hydrogen-bond acceptors (Lipinski definition) is 4. The third-order valence-electron chi connectivity index (χ3n) is 3.16. The van der Waals surface area contributed by atoms with Gasteiger partial charge in [0, 0.05) is 18.8 Å². The molecule has 0 saturated carbocycles. The fraction of sp³-hybridized carbons (Fsp3) is 0.385. The number of amides is 1. The van der Waals surface area contributed by atoms with Gasteiger partial charge in [-0.25, -0.2) is 9.18 Å². The molecule has 0 unspecified atom stereocenters. The van der Waals surface area contributed by atoms with Crippen molar-refractivity contribution in [3.8, 4) is 0 Å². The largest absolute Gasteiger partial charge is 0.480 e. The van der Waals surface area contributed by atoms with Gasteiger partial charge in [0.15, 0.2) is 0 Å². The fourth-order valence-electron chi connectivity index (χ4n) is 2.24. The first-order valence-electron chi connectivity index (χ1n) is 6.01. The van der Waals surface area contributed by atoms with E-state index in [0.29, 0.717) is 18.8 Å². The Morgan fingerprint density at radius 2 is 2.15 bits per heavy atom. The maximum absolute atomic E-state index is 13.1. The lowest BCUT2D eigenvalue weighted by molar-refractivity contribution is -0.150. The number of carboxylic acid groups (broad SMARTS) is 1. The summed E-state index contributed by atoms with van der Waals surface area (Å²) in [7, 11) is 0. The minimum absolute atomic E-state index is 0.102. The van der Waals surface area contributed by atoms with Gasteiger partial charge in [-0.15, -0.1) is 0 Å². The number of ether oxygens (including phenoxy) is 1. The molecule has 3 N–H and O–H groups in total. The molecule has 6 nitrogen and oxygen atoms in total. The Kier molecular flexibility index (Phi) is 3.63. The zero-order chi connectivity index (χ0) is 14.9. The van der Waals surface area contributed by atoms with Gasteiger partial charge in [-0.1, -0.05) is 0 Å². The van der Waals surface area contributed by atoms with E-state index in [1.807, 2.05) is 0 Å². The highest BCUT2D eigenvalue weighted by Crippen LogP contribution is 2.32. The minimum atomic E-state index is -1.04. The Bertz CT molecular complexity index is 555. The fourth-order valence-corrected chi connectivity index (χ4v) is 2.24. The van der Waals surface area contributed by atoms with E-state index in [2.05, 4.69) is 0 Å². The SMILES string of the molecule is CC1(OCC(=O)O)CN(c2ccc(F)cc2C(N)=O)C1. The molecule has 1 saturated heterocycles. The second-order valence-electron chi connectivity index (χ2n) is 5.01. The van der Waals surface area contributed by atoms with Crippen LogP contribution in [-0.2, 0) is 9.53 Å².